The molecule has 1 unspecified atom stereocenters. The molecule has 0 bridgehead atoms. The average Bonchev–Trinajstić information content (AvgIpc) is 2.83. The molecule has 1 aliphatic rings. The number of carbonyl (C=O) groups excluding carboxylic acids is 1. The number of hydrogen-bond donors (Lipinski definition) is 2. The second-order valence-electron chi connectivity index (χ2n) is 6.74. The maximum Gasteiger partial charge on any atom is 0.225 e. The number of hydrogen-bond acceptors (Lipinski definition) is 3. The summed E-state index contributed by atoms with van der Waals surface area (Å²) in [7, 11) is 0. The molecule has 22 heavy (non-hydrogen) atoms. The molecule has 1 aliphatic heterocycles. The Hall–Kier alpha value is -0.710. The van der Waals surface area contributed by atoms with Crippen LogP contribution >= 0.6 is 24.2 Å². The Bertz CT molecular complexity index is 508. The zero-order valence-electron chi connectivity index (χ0n) is 13.9. The van der Waals surface area contributed by atoms with Crippen LogP contribution in [0.5, 0.6) is 0 Å². The molecule has 2 N–H and O–H groups in total. The van der Waals surface area contributed by atoms with E-state index in [4.69, 9.17) is 0 Å². The van der Waals surface area contributed by atoms with Crippen LogP contribution in [0.25, 0.3) is 0 Å². The molecule has 1 aromatic carbocycles. The minimum Gasteiger partial charge on any atom is -0.326 e. The normalized spacial score (nSPS) is 17.9. The van der Waals surface area contributed by atoms with Crippen LogP contribution in [0.1, 0.15) is 45.6 Å². The average molecular weight is 343 g/mol. The number of halogens is 1. The first-order chi connectivity index (χ1) is 9.83. The SMILES string of the molecule is Cc1cc(SC(C)(C)C)ccc1NC(=O)CC1CCCN1.Cl. The lowest BCUT2D eigenvalue weighted by Gasteiger charge is -2.19. The topological polar surface area (TPSA) is 41.1 Å². The molecule has 2 rings (SSSR count). The van der Waals surface area contributed by atoms with Crippen LogP contribution in [0.3, 0.4) is 0 Å². The Balaban J connectivity index is 0.00000242. The van der Waals surface area contributed by atoms with Crippen LogP contribution in [0.2, 0.25) is 0 Å². The van der Waals surface area contributed by atoms with Gasteiger partial charge in [-0.15, -0.1) is 24.2 Å². The van der Waals surface area contributed by atoms with Crippen LogP contribution in [-0.4, -0.2) is 23.2 Å². The fourth-order valence-corrected chi connectivity index (χ4v) is 3.63. The molecule has 124 valence electrons. The molecule has 0 saturated carbocycles. The number of aryl methyl sites for hydroxylation is 1. The van der Waals surface area contributed by atoms with Crippen molar-refractivity contribution in [2.24, 2.45) is 0 Å². The van der Waals surface area contributed by atoms with Gasteiger partial charge in [-0.05, 0) is 50.1 Å². The van der Waals surface area contributed by atoms with E-state index in [1.807, 2.05) is 17.8 Å². The van der Waals surface area contributed by atoms with Gasteiger partial charge in [0.15, 0.2) is 0 Å². The van der Waals surface area contributed by atoms with E-state index in [2.05, 4.69) is 50.5 Å². The van der Waals surface area contributed by atoms with Crippen LogP contribution in [0, 0.1) is 6.92 Å². The van der Waals surface area contributed by atoms with E-state index in [1.165, 1.54) is 11.3 Å². The maximum absolute atomic E-state index is 12.1. The zero-order chi connectivity index (χ0) is 15.5. The number of benzene rings is 1. The third-order valence-corrected chi connectivity index (χ3v) is 4.59. The molecule has 1 heterocycles. The lowest BCUT2D eigenvalue weighted by Crippen LogP contribution is -2.27. The summed E-state index contributed by atoms with van der Waals surface area (Å²) in [6.07, 6.45) is 2.85. The zero-order valence-corrected chi connectivity index (χ0v) is 15.5. The van der Waals surface area contributed by atoms with Gasteiger partial charge in [-0.1, -0.05) is 20.8 Å². The monoisotopic (exact) mass is 342 g/mol. The summed E-state index contributed by atoms with van der Waals surface area (Å²) in [6, 6.07) is 6.61. The number of carbonyl (C=O) groups is 1. The van der Waals surface area contributed by atoms with E-state index in [1.54, 1.807) is 0 Å². The number of thioether (sulfide) groups is 1. The Morgan fingerprint density at radius 1 is 1.41 bits per heavy atom. The van der Waals surface area contributed by atoms with Crippen molar-refractivity contribution in [2.75, 3.05) is 11.9 Å². The molecule has 1 amide bonds. The number of nitrogens with one attached hydrogen (secondary N) is 2. The third kappa shape index (κ3) is 6.19. The van der Waals surface area contributed by atoms with Crippen LogP contribution in [0.15, 0.2) is 23.1 Å². The first-order valence-corrected chi connectivity index (χ1v) is 8.48. The van der Waals surface area contributed by atoms with Gasteiger partial charge in [-0.2, -0.15) is 0 Å². The van der Waals surface area contributed by atoms with Crippen molar-refractivity contribution in [3.63, 3.8) is 0 Å². The van der Waals surface area contributed by atoms with Crippen LogP contribution < -0.4 is 10.6 Å². The van der Waals surface area contributed by atoms with Gasteiger partial charge in [-0.3, -0.25) is 4.79 Å². The van der Waals surface area contributed by atoms with E-state index in [9.17, 15) is 4.79 Å². The van der Waals surface area contributed by atoms with Gasteiger partial charge in [-0.25, -0.2) is 0 Å². The van der Waals surface area contributed by atoms with Crippen molar-refractivity contribution >= 4 is 35.8 Å². The summed E-state index contributed by atoms with van der Waals surface area (Å²) in [4.78, 5) is 13.3. The Labute approximate surface area is 144 Å². The summed E-state index contributed by atoms with van der Waals surface area (Å²) in [5.41, 5.74) is 2.05. The highest BCUT2D eigenvalue weighted by molar-refractivity contribution is 8.00. The van der Waals surface area contributed by atoms with Gasteiger partial charge in [0, 0.05) is 27.8 Å². The summed E-state index contributed by atoms with van der Waals surface area (Å²) < 4.78 is 0.200. The quantitative estimate of drug-likeness (QED) is 0.797. The van der Waals surface area contributed by atoms with Crippen molar-refractivity contribution in [1.29, 1.82) is 0 Å². The van der Waals surface area contributed by atoms with Crippen molar-refractivity contribution in [1.82, 2.24) is 5.32 Å². The molecule has 5 heteroatoms. The predicted molar refractivity (Wildman–Crippen MR) is 98.3 cm³/mol. The van der Waals surface area contributed by atoms with Gasteiger partial charge in [0.25, 0.3) is 0 Å². The minimum atomic E-state index is 0. The molecule has 1 aromatic rings. The predicted octanol–water partition coefficient (Wildman–Crippen LogP) is 4.39. The summed E-state index contributed by atoms with van der Waals surface area (Å²) >= 11 is 1.85. The Morgan fingerprint density at radius 3 is 2.68 bits per heavy atom. The van der Waals surface area contributed by atoms with Crippen LogP contribution in [0.4, 0.5) is 5.69 Å². The Kier molecular flexibility index (Phi) is 7.23. The van der Waals surface area contributed by atoms with Crippen molar-refractivity contribution in [3.8, 4) is 0 Å². The minimum absolute atomic E-state index is 0. The summed E-state index contributed by atoms with van der Waals surface area (Å²) in [5, 5.41) is 6.40. The van der Waals surface area contributed by atoms with Crippen molar-refractivity contribution < 1.29 is 4.79 Å². The molecule has 1 fully saturated rings. The van der Waals surface area contributed by atoms with Gasteiger partial charge < -0.3 is 10.6 Å². The first-order valence-electron chi connectivity index (χ1n) is 7.66. The number of rotatable bonds is 4. The van der Waals surface area contributed by atoms with Crippen LogP contribution in [-0.2, 0) is 4.79 Å². The molecule has 1 atom stereocenters. The van der Waals surface area contributed by atoms with Gasteiger partial charge in [0.05, 0.1) is 0 Å². The summed E-state index contributed by atoms with van der Waals surface area (Å²) in [5.74, 6) is 0.105. The van der Waals surface area contributed by atoms with E-state index in [0.717, 1.165) is 24.2 Å². The van der Waals surface area contributed by atoms with Gasteiger partial charge >= 0.3 is 0 Å². The lowest BCUT2D eigenvalue weighted by atomic mass is 10.1. The van der Waals surface area contributed by atoms with Crippen molar-refractivity contribution in [3.05, 3.63) is 23.8 Å². The largest absolute Gasteiger partial charge is 0.326 e. The molecule has 0 aliphatic carbocycles. The van der Waals surface area contributed by atoms with E-state index in [0.29, 0.717) is 12.5 Å². The van der Waals surface area contributed by atoms with Crippen molar-refractivity contribution in [2.45, 2.75) is 62.6 Å². The third-order valence-electron chi connectivity index (χ3n) is 3.49. The highest BCUT2D eigenvalue weighted by Crippen LogP contribution is 2.33. The highest BCUT2D eigenvalue weighted by Gasteiger charge is 2.18. The fraction of sp³-hybridized carbons (Fsp3) is 0.588. The number of amides is 1. The lowest BCUT2D eigenvalue weighted by molar-refractivity contribution is -0.116. The van der Waals surface area contributed by atoms with E-state index in [-0.39, 0.29) is 23.1 Å². The highest BCUT2D eigenvalue weighted by atomic mass is 35.5. The standard InChI is InChI=1S/C17H26N2OS.ClH/c1-12-10-14(21-17(2,3)4)7-8-15(12)19-16(20)11-13-6-5-9-18-13;/h7-8,10,13,18H,5-6,9,11H2,1-4H3,(H,19,20);1H. The molecule has 0 spiro atoms. The smallest absolute Gasteiger partial charge is 0.225 e. The molecule has 0 radical (unpaired) electrons. The maximum atomic E-state index is 12.1. The first kappa shape index (κ1) is 19.3. The van der Waals surface area contributed by atoms with E-state index < -0.39 is 0 Å². The summed E-state index contributed by atoms with van der Waals surface area (Å²) in [6.45, 7) is 9.71. The molecular formula is C17H27ClN2OS. The Morgan fingerprint density at radius 2 is 2.14 bits per heavy atom. The molecule has 1 saturated heterocycles. The second-order valence-corrected chi connectivity index (χ2v) is 8.64. The van der Waals surface area contributed by atoms with E-state index >= 15 is 0 Å². The fourth-order valence-electron chi connectivity index (χ4n) is 2.55. The molecule has 0 aromatic heterocycles. The molecular weight excluding hydrogens is 316 g/mol. The molecule has 3 nitrogen and oxygen atoms in total. The number of anilines is 1. The van der Waals surface area contributed by atoms with Gasteiger partial charge in [0.1, 0.15) is 0 Å². The van der Waals surface area contributed by atoms with Gasteiger partial charge in [0.2, 0.25) is 5.91 Å². The second kappa shape index (κ2) is 8.23.